The first-order valence-corrected chi connectivity index (χ1v) is 7.24. The molecule has 3 nitrogen and oxygen atoms in total. The predicted octanol–water partition coefficient (Wildman–Crippen LogP) is 3.25. The number of aliphatic hydroxyl groups excluding tert-OH is 1. The summed E-state index contributed by atoms with van der Waals surface area (Å²) in [7, 11) is 0. The van der Waals surface area contributed by atoms with Crippen molar-refractivity contribution in [1.29, 1.82) is 0 Å². The lowest BCUT2D eigenvalue weighted by Crippen LogP contribution is -2.11. The minimum atomic E-state index is -0.306. The highest BCUT2D eigenvalue weighted by atomic mass is 32.1. The van der Waals surface area contributed by atoms with Gasteiger partial charge in [-0.2, -0.15) is 0 Å². The summed E-state index contributed by atoms with van der Waals surface area (Å²) >= 11 is 1.63. The zero-order valence-electron chi connectivity index (χ0n) is 10.8. The lowest BCUT2D eigenvalue weighted by molar-refractivity contribution is 0.0292. The predicted molar refractivity (Wildman–Crippen MR) is 69.2 cm³/mol. The number of ether oxygens (including phenoxy) is 1. The number of hydrogen-bond donors (Lipinski definition) is 1. The first-order chi connectivity index (χ1) is 8.13. The van der Waals surface area contributed by atoms with Gasteiger partial charge in [0, 0.05) is 6.61 Å². The third-order valence-electron chi connectivity index (χ3n) is 3.13. The molecule has 2 atom stereocenters. The molecule has 0 amide bonds. The van der Waals surface area contributed by atoms with Crippen LogP contribution in [-0.2, 0) is 11.2 Å². The third-order valence-corrected chi connectivity index (χ3v) is 4.39. The van der Waals surface area contributed by atoms with Crippen LogP contribution >= 0.6 is 11.3 Å². The van der Waals surface area contributed by atoms with Gasteiger partial charge in [0.2, 0.25) is 0 Å². The summed E-state index contributed by atoms with van der Waals surface area (Å²) in [4.78, 5) is 5.74. The van der Waals surface area contributed by atoms with E-state index in [1.54, 1.807) is 11.3 Å². The topological polar surface area (TPSA) is 42.4 Å². The zero-order chi connectivity index (χ0) is 12.4. The molecule has 17 heavy (non-hydrogen) atoms. The largest absolute Gasteiger partial charge is 0.388 e. The number of aromatic nitrogens is 1. The quantitative estimate of drug-likeness (QED) is 0.898. The van der Waals surface area contributed by atoms with Crippen molar-refractivity contribution in [2.75, 3.05) is 6.61 Å². The van der Waals surface area contributed by atoms with Crippen LogP contribution in [-0.4, -0.2) is 16.7 Å². The monoisotopic (exact) mass is 255 g/mol. The molecule has 0 spiro atoms. The number of hydrogen-bond acceptors (Lipinski definition) is 4. The van der Waals surface area contributed by atoms with Gasteiger partial charge in [-0.25, -0.2) is 4.98 Å². The molecule has 0 saturated heterocycles. The van der Waals surface area contributed by atoms with Gasteiger partial charge in [0.15, 0.2) is 0 Å². The second kappa shape index (κ2) is 5.46. The summed E-state index contributed by atoms with van der Waals surface area (Å²) in [6.45, 7) is 7.02. The number of thiazole rings is 1. The van der Waals surface area contributed by atoms with Gasteiger partial charge in [-0.05, 0) is 32.1 Å². The molecule has 1 heterocycles. The van der Waals surface area contributed by atoms with Crippen LogP contribution in [0.1, 0.15) is 61.4 Å². The van der Waals surface area contributed by atoms with Crippen molar-refractivity contribution in [3.63, 3.8) is 0 Å². The Kier molecular flexibility index (Phi) is 4.17. The second-order valence-electron chi connectivity index (χ2n) is 4.89. The van der Waals surface area contributed by atoms with Crippen molar-refractivity contribution in [3.8, 4) is 0 Å². The van der Waals surface area contributed by atoms with Crippen LogP contribution in [0, 0.1) is 5.92 Å². The van der Waals surface area contributed by atoms with E-state index in [1.807, 2.05) is 6.92 Å². The molecular weight excluding hydrogens is 234 g/mol. The summed E-state index contributed by atoms with van der Waals surface area (Å²) in [5.41, 5.74) is 1.09. The second-order valence-corrected chi connectivity index (χ2v) is 5.95. The van der Waals surface area contributed by atoms with Gasteiger partial charge >= 0.3 is 0 Å². The van der Waals surface area contributed by atoms with Gasteiger partial charge in [-0.1, -0.05) is 13.8 Å². The van der Waals surface area contributed by atoms with Gasteiger partial charge in [0.1, 0.15) is 11.1 Å². The minimum absolute atomic E-state index is 0.0720. The first kappa shape index (κ1) is 13.0. The maximum Gasteiger partial charge on any atom is 0.122 e. The van der Waals surface area contributed by atoms with Crippen molar-refractivity contribution >= 4 is 11.3 Å². The first-order valence-electron chi connectivity index (χ1n) is 6.42. The van der Waals surface area contributed by atoms with Gasteiger partial charge < -0.3 is 9.84 Å². The molecule has 0 bridgehead atoms. The van der Waals surface area contributed by atoms with E-state index in [9.17, 15) is 5.11 Å². The lowest BCUT2D eigenvalue weighted by Gasteiger charge is -2.18. The third kappa shape index (κ3) is 2.69. The van der Waals surface area contributed by atoms with E-state index in [4.69, 9.17) is 4.74 Å². The SMILES string of the molecule is CCOC(c1nc2c(s1)C(O)CCC2)C(C)C. The fourth-order valence-electron chi connectivity index (χ4n) is 2.27. The standard InChI is InChI=1S/C13H21NO2S/c1-4-16-11(8(2)3)13-14-9-6-5-7-10(15)12(9)17-13/h8,10-11,15H,4-7H2,1-3H3. The average Bonchev–Trinajstić information content (AvgIpc) is 2.70. The molecule has 1 aliphatic carbocycles. The molecule has 0 aliphatic heterocycles. The smallest absolute Gasteiger partial charge is 0.122 e. The van der Waals surface area contributed by atoms with E-state index < -0.39 is 0 Å². The molecule has 1 aromatic heterocycles. The van der Waals surface area contributed by atoms with Crippen LogP contribution in [0.5, 0.6) is 0 Å². The molecule has 0 saturated carbocycles. The Morgan fingerprint density at radius 2 is 2.29 bits per heavy atom. The summed E-state index contributed by atoms with van der Waals surface area (Å²) in [6.07, 6.45) is 2.68. The van der Waals surface area contributed by atoms with Gasteiger partial charge in [-0.3, -0.25) is 0 Å². The van der Waals surface area contributed by atoms with Crippen molar-refractivity contribution < 1.29 is 9.84 Å². The average molecular weight is 255 g/mol. The molecule has 1 aromatic rings. The summed E-state index contributed by atoms with van der Waals surface area (Å²) in [5, 5.41) is 11.0. The van der Waals surface area contributed by atoms with E-state index in [0.717, 1.165) is 34.8 Å². The van der Waals surface area contributed by atoms with Crippen LogP contribution in [0.25, 0.3) is 0 Å². The van der Waals surface area contributed by atoms with Gasteiger partial charge in [0.25, 0.3) is 0 Å². The Bertz CT molecular complexity index is 375. The van der Waals surface area contributed by atoms with Crippen molar-refractivity contribution in [3.05, 3.63) is 15.6 Å². The molecule has 4 heteroatoms. The Labute approximate surface area is 107 Å². The molecule has 1 N–H and O–H groups in total. The molecular formula is C13H21NO2S. The van der Waals surface area contributed by atoms with Gasteiger partial charge in [0.05, 0.1) is 16.7 Å². The Hall–Kier alpha value is -0.450. The van der Waals surface area contributed by atoms with E-state index >= 15 is 0 Å². The van der Waals surface area contributed by atoms with Crippen LogP contribution in [0.3, 0.4) is 0 Å². The normalized spacial score (nSPS) is 21.6. The lowest BCUT2D eigenvalue weighted by atomic mass is 10.0. The number of aliphatic hydroxyl groups is 1. The molecule has 0 aromatic carbocycles. The van der Waals surface area contributed by atoms with Crippen molar-refractivity contribution in [2.45, 2.75) is 52.2 Å². The number of nitrogens with zero attached hydrogens (tertiary/aromatic N) is 1. The summed E-state index contributed by atoms with van der Waals surface area (Å²) < 4.78 is 5.77. The minimum Gasteiger partial charge on any atom is -0.388 e. The highest BCUT2D eigenvalue weighted by Gasteiger charge is 2.27. The van der Waals surface area contributed by atoms with Crippen molar-refractivity contribution in [2.24, 2.45) is 5.92 Å². The summed E-state index contributed by atoms with van der Waals surface area (Å²) in [6, 6.07) is 0. The van der Waals surface area contributed by atoms with Crippen molar-refractivity contribution in [1.82, 2.24) is 4.98 Å². The molecule has 96 valence electrons. The van der Waals surface area contributed by atoms with Crippen LogP contribution in [0.4, 0.5) is 0 Å². The van der Waals surface area contributed by atoms with Crippen LogP contribution in [0.2, 0.25) is 0 Å². The van der Waals surface area contributed by atoms with Crippen LogP contribution < -0.4 is 0 Å². The molecule has 2 unspecified atom stereocenters. The highest BCUT2D eigenvalue weighted by Crippen LogP contribution is 2.38. The Morgan fingerprint density at radius 1 is 1.53 bits per heavy atom. The molecule has 1 aliphatic rings. The number of rotatable bonds is 4. The van der Waals surface area contributed by atoms with E-state index in [0.29, 0.717) is 12.5 Å². The fraction of sp³-hybridized carbons (Fsp3) is 0.769. The Morgan fingerprint density at radius 3 is 2.88 bits per heavy atom. The molecule has 0 radical (unpaired) electrons. The van der Waals surface area contributed by atoms with E-state index in [2.05, 4.69) is 18.8 Å². The van der Waals surface area contributed by atoms with Crippen LogP contribution in [0.15, 0.2) is 0 Å². The van der Waals surface area contributed by atoms with Gasteiger partial charge in [-0.15, -0.1) is 11.3 Å². The highest BCUT2D eigenvalue weighted by molar-refractivity contribution is 7.11. The fourth-order valence-corrected chi connectivity index (χ4v) is 3.62. The molecule has 0 fully saturated rings. The maximum atomic E-state index is 9.95. The summed E-state index contributed by atoms with van der Waals surface area (Å²) in [5.74, 6) is 0.416. The molecule has 2 rings (SSSR count). The van der Waals surface area contributed by atoms with E-state index in [-0.39, 0.29) is 12.2 Å². The zero-order valence-corrected chi connectivity index (χ0v) is 11.6. The maximum absolute atomic E-state index is 9.95. The number of fused-ring (bicyclic) bond motifs is 1. The van der Waals surface area contributed by atoms with E-state index in [1.165, 1.54) is 0 Å². The number of aryl methyl sites for hydroxylation is 1. The Balaban J connectivity index is 2.26.